The number of fused-ring (bicyclic) bond motifs is 1. The van der Waals surface area contributed by atoms with Gasteiger partial charge in [-0.25, -0.2) is 0 Å². The van der Waals surface area contributed by atoms with Gasteiger partial charge < -0.3 is 15.2 Å². The smallest absolute Gasteiger partial charge is 0.270 e. The molecule has 5 rings (SSSR count). The van der Waals surface area contributed by atoms with E-state index in [1.54, 1.807) is 0 Å². The Morgan fingerprint density at radius 3 is 2.31 bits per heavy atom. The fourth-order valence-corrected chi connectivity index (χ4v) is 4.78. The van der Waals surface area contributed by atoms with Crippen LogP contribution in [-0.2, 0) is 4.79 Å². The normalized spacial score (nSPS) is 15.2. The highest BCUT2D eigenvalue weighted by Crippen LogP contribution is 2.26. The molecule has 35 heavy (non-hydrogen) atoms. The Balaban J connectivity index is 1.32. The lowest BCUT2D eigenvalue weighted by Gasteiger charge is -2.38. The summed E-state index contributed by atoms with van der Waals surface area (Å²) in [6, 6.07) is 25.3. The molecular weight excluding hydrogens is 436 g/mol. The Hall–Kier alpha value is -3.90. The predicted molar refractivity (Wildman–Crippen MR) is 140 cm³/mol. The monoisotopic (exact) mass is 466 g/mol. The number of carbonyl (C=O) groups is 2. The minimum atomic E-state index is -0.429. The number of rotatable bonds is 5. The highest BCUT2D eigenvalue weighted by Gasteiger charge is 2.32. The van der Waals surface area contributed by atoms with Crippen LogP contribution >= 0.6 is 0 Å². The number of anilines is 1. The number of carbonyl (C=O) groups excluding carboxylic acids is 2. The van der Waals surface area contributed by atoms with Crippen molar-refractivity contribution in [3.8, 4) is 0 Å². The first-order valence-electron chi connectivity index (χ1n) is 12.0. The number of hydrogen-bond acceptors (Lipinski definition) is 3. The van der Waals surface area contributed by atoms with Crippen molar-refractivity contribution in [1.29, 1.82) is 0 Å². The van der Waals surface area contributed by atoms with Crippen LogP contribution in [0.2, 0.25) is 0 Å². The van der Waals surface area contributed by atoms with Crippen molar-refractivity contribution in [3.05, 3.63) is 101 Å². The fourth-order valence-electron chi connectivity index (χ4n) is 4.78. The summed E-state index contributed by atoms with van der Waals surface area (Å²) in [5, 5.41) is 4.18. The molecule has 6 nitrogen and oxygen atoms in total. The van der Waals surface area contributed by atoms with Crippen molar-refractivity contribution >= 4 is 28.4 Å². The Morgan fingerprint density at radius 2 is 1.57 bits per heavy atom. The molecule has 2 amide bonds. The molecule has 0 spiro atoms. The van der Waals surface area contributed by atoms with Crippen LogP contribution in [0, 0.1) is 13.8 Å². The number of nitrogens with zero attached hydrogens (tertiary/aromatic N) is 2. The molecule has 0 radical (unpaired) electrons. The van der Waals surface area contributed by atoms with Gasteiger partial charge >= 0.3 is 0 Å². The number of aromatic nitrogens is 1. The Labute approximate surface area is 205 Å². The minimum Gasteiger partial charge on any atom is -0.351 e. The van der Waals surface area contributed by atoms with E-state index in [1.807, 2.05) is 97.6 Å². The number of piperazine rings is 1. The van der Waals surface area contributed by atoms with Gasteiger partial charge in [0.1, 0.15) is 11.7 Å². The van der Waals surface area contributed by atoms with Crippen molar-refractivity contribution in [2.75, 3.05) is 31.5 Å². The quantitative estimate of drug-likeness (QED) is 0.439. The summed E-state index contributed by atoms with van der Waals surface area (Å²) in [6.07, 6.45) is 0. The first kappa shape index (κ1) is 22.9. The molecule has 1 saturated heterocycles. The van der Waals surface area contributed by atoms with Gasteiger partial charge in [-0.1, -0.05) is 60.7 Å². The van der Waals surface area contributed by atoms with Gasteiger partial charge in [-0.15, -0.1) is 0 Å². The van der Waals surface area contributed by atoms with Crippen molar-refractivity contribution in [3.63, 3.8) is 0 Å². The lowest BCUT2D eigenvalue weighted by molar-refractivity contribution is -0.122. The van der Waals surface area contributed by atoms with Gasteiger partial charge in [0.25, 0.3) is 5.91 Å². The second-order valence-corrected chi connectivity index (χ2v) is 9.22. The van der Waals surface area contributed by atoms with Gasteiger partial charge in [0, 0.05) is 42.8 Å². The molecule has 1 aliphatic heterocycles. The summed E-state index contributed by atoms with van der Waals surface area (Å²) in [6.45, 7) is 6.38. The number of benzene rings is 3. The Bertz CT molecular complexity index is 1320. The molecule has 3 aromatic carbocycles. The standard InChI is InChI=1S/C29H30N4O2/c1-20-12-13-21(2)25(18-20)31-28(34)27(22-8-4-3-5-9-22)32-14-16-33(17-15-32)29(35)26-19-23-10-6-7-11-24(23)30-26/h3-13,18-19,27,30H,14-17H2,1-2H3,(H,31,34). The zero-order valence-corrected chi connectivity index (χ0v) is 20.1. The molecule has 0 saturated carbocycles. The van der Waals surface area contributed by atoms with Crippen LogP contribution in [-0.4, -0.2) is 52.8 Å². The van der Waals surface area contributed by atoms with Crippen molar-refractivity contribution < 1.29 is 9.59 Å². The van der Waals surface area contributed by atoms with Crippen LogP contribution < -0.4 is 5.32 Å². The highest BCUT2D eigenvalue weighted by atomic mass is 16.2. The van der Waals surface area contributed by atoms with E-state index in [0.717, 1.165) is 33.3 Å². The lowest BCUT2D eigenvalue weighted by atomic mass is 10.0. The molecule has 178 valence electrons. The van der Waals surface area contributed by atoms with E-state index in [9.17, 15) is 9.59 Å². The van der Waals surface area contributed by atoms with E-state index < -0.39 is 6.04 Å². The van der Waals surface area contributed by atoms with E-state index in [4.69, 9.17) is 0 Å². The number of hydrogen-bond donors (Lipinski definition) is 2. The predicted octanol–water partition coefficient (Wildman–Crippen LogP) is 4.92. The first-order chi connectivity index (χ1) is 17.0. The molecule has 6 heteroatoms. The maximum absolute atomic E-state index is 13.6. The topological polar surface area (TPSA) is 68.4 Å². The maximum Gasteiger partial charge on any atom is 0.270 e. The Kier molecular flexibility index (Phi) is 6.38. The maximum atomic E-state index is 13.6. The zero-order chi connectivity index (χ0) is 24.4. The SMILES string of the molecule is Cc1ccc(C)c(NC(=O)C(c2ccccc2)N2CCN(C(=O)c3cc4ccccc4[nH]3)CC2)c1. The third kappa shape index (κ3) is 4.84. The molecule has 0 bridgehead atoms. The van der Waals surface area contributed by atoms with Crippen LogP contribution in [0.5, 0.6) is 0 Å². The van der Waals surface area contributed by atoms with E-state index in [-0.39, 0.29) is 11.8 Å². The van der Waals surface area contributed by atoms with Gasteiger partial charge in [0.05, 0.1) is 0 Å². The van der Waals surface area contributed by atoms with Gasteiger partial charge in [0.2, 0.25) is 5.91 Å². The van der Waals surface area contributed by atoms with E-state index in [1.165, 1.54) is 0 Å². The van der Waals surface area contributed by atoms with Gasteiger partial charge in [-0.2, -0.15) is 0 Å². The van der Waals surface area contributed by atoms with E-state index >= 15 is 0 Å². The van der Waals surface area contributed by atoms with Crippen molar-refractivity contribution in [1.82, 2.24) is 14.8 Å². The summed E-state index contributed by atoms with van der Waals surface area (Å²) in [7, 11) is 0. The van der Waals surface area contributed by atoms with Crippen LogP contribution in [0.15, 0.2) is 78.9 Å². The number of aryl methyl sites for hydroxylation is 2. The van der Waals surface area contributed by atoms with Crippen LogP contribution in [0.1, 0.15) is 33.2 Å². The molecule has 1 atom stereocenters. The van der Waals surface area contributed by atoms with Gasteiger partial charge in [0.15, 0.2) is 0 Å². The van der Waals surface area contributed by atoms with E-state index in [0.29, 0.717) is 31.9 Å². The second kappa shape index (κ2) is 9.76. The summed E-state index contributed by atoms with van der Waals surface area (Å²) < 4.78 is 0. The number of nitrogens with one attached hydrogen (secondary N) is 2. The average molecular weight is 467 g/mol. The molecular formula is C29H30N4O2. The number of H-pyrrole nitrogens is 1. The van der Waals surface area contributed by atoms with E-state index in [2.05, 4.69) is 15.2 Å². The highest BCUT2D eigenvalue weighted by molar-refractivity contribution is 5.98. The number of amides is 2. The summed E-state index contributed by atoms with van der Waals surface area (Å²) in [4.78, 5) is 34.0. The van der Waals surface area contributed by atoms with Crippen molar-refractivity contribution in [2.45, 2.75) is 19.9 Å². The zero-order valence-electron chi connectivity index (χ0n) is 20.1. The lowest BCUT2D eigenvalue weighted by Crippen LogP contribution is -2.51. The van der Waals surface area contributed by atoms with Crippen molar-refractivity contribution in [2.24, 2.45) is 0 Å². The Morgan fingerprint density at radius 1 is 0.857 bits per heavy atom. The molecule has 1 aliphatic rings. The van der Waals surface area contributed by atoms with Crippen LogP contribution in [0.3, 0.4) is 0 Å². The second-order valence-electron chi connectivity index (χ2n) is 9.22. The molecule has 2 heterocycles. The summed E-state index contributed by atoms with van der Waals surface area (Å²) in [5.74, 6) is -0.0581. The van der Waals surface area contributed by atoms with Gasteiger partial charge in [-0.3, -0.25) is 14.5 Å². The third-order valence-corrected chi connectivity index (χ3v) is 6.74. The van der Waals surface area contributed by atoms with Crippen LogP contribution in [0.4, 0.5) is 5.69 Å². The fraction of sp³-hybridized carbons (Fsp3) is 0.241. The van der Waals surface area contributed by atoms with Gasteiger partial charge in [-0.05, 0) is 48.7 Å². The summed E-state index contributed by atoms with van der Waals surface area (Å²) >= 11 is 0. The largest absolute Gasteiger partial charge is 0.351 e. The number of aromatic amines is 1. The number of para-hydroxylation sites is 1. The average Bonchev–Trinajstić information content (AvgIpc) is 3.31. The third-order valence-electron chi connectivity index (χ3n) is 6.74. The first-order valence-corrected chi connectivity index (χ1v) is 12.0. The molecule has 1 aromatic heterocycles. The molecule has 2 N–H and O–H groups in total. The molecule has 4 aromatic rings. The molecule has 1 fully saturated rings. The summed E-state index contributed by atoms with van der Waals surface area (Å²) in [5.41, 5.74) is 5.48. The molecule has 1 unspecified atom stereocenters. The van der Waals surface area contributed by atoms with Crippen LogP contribution in [0.25, 0.3) is 10.9 Å². The molecule has 0 aliphatic carbocycles. The minimum absolute atomic E-state index is 0.00283.